The van der Waals surface area contributed by atoms with E-state index in [-0.39, 0.29) is 5.91 Å². The number of carbonyl (C=O) groups is 1. The third-order valence-electron chi connectivity index (χ3n) is 4.37. The van der Waals surface area contributed by atoms with Gasteiger partial charge in [0.1, 0.15) is 0 Å². The van der Waals surface area contributed by atoms with Crippen LogP contribution in [0.4, 0.5) is 0 Å². The van der Waals surface area contributed by atoms with Gasteiger partial charge in [-0.1, -0.05) is 13.0 Å². The van der Waals surface area contributed by atoms with Crippen LogP contribution in [-0.4, -0.2) is 56.1 Å². The molecule has 5 heteroatoms. The predicted molar refractivity (Wildman–Crippen MR) is 90.9 cm³/mol. The highest BCUT2D eigenvalue weighted by Gasteiger charge is 2.19. The summed E-state index contributed by atoms with van der Waals surface area (Å²) in [6.45, 7) is 5.96. The van der Waals surface area contributed by atoms with Crippen molar-refractivity contribution < 1.29 is 14.3 Å². The molecule has 0 spiro atoms. The van der Waals surface area contributed by atoms with E-state index in [1.54, 1.807) is 14.2 Å². The molecule has 1 saturated heterocycles. The zero-order chi connectivity index (χ0) is 16.7. The van der Waals surface area contributed by atoms with Crippen molar-refractivity contribution in [2.75, 3.05) is 40.4 Å². The van der Waals surface area contributed by atoms with Crippen LogP contribution >= 0.6 is 0 Å². The molecule has 2 rings (SSSR count). The van der Waals surface area contributed by atoms with E-state index in [2.05, 4.69) is 11.8 Å². The number of hydrogen-bond acceptors (Lipinski definition) is 4. The van der Waals surface area contributed by atoms with Gasteiger partial charge in [0.25, 0.3) is 0 Å². The average molecular weight is 320 g/mol. The summed E-state index contributed by atoms with van der Waals surface area (Å²) in [5.74, 6) is 1.69. The molecule has 0 bridgehead atoms. The Bertz CT molecular complexity index is 513. The smallest absolute Gasteiger partial charge is 0.236 e. The average Bonchev–Trinajstić information content (AvgIpc) is 2.61. The van der Waals surface area contributed by atoms with Crippen LogP contribution in [0.2, 0.25) is 0 Å². The number of hydrogen-bond donors (Lipinski definition) is 0. The summed E-state index contributed by atoms with van der Waals surface area (Å²) in [5, 5.41) is 0. The number of piperidine rings is 1. The number of carbonyl (C=O) groups excluding carboxylic acids is 1. The van der Waals surface area contributed by atoms with Crippen molar-refractivity contribution in [3.63, 3.8) is 0 Å². The van der Waals surface area contributed by atoms with Gasteiger partial charge in [-0.3, -0.25) is 9.69 Å². The van der Waals surface area contributed by atoms with E-state index >= 15 is 0 Å². The number of likely N-dealkylation sites (tertiary alicyclic amines) is 1. The molecule has 0 N–H and O–H groups in total. The summed E-state index contributed by atoms with van der Waals surface area (Å²) in [7, 11) is 3.27. The SMILES string of the molecule is CCN(CC(=O)N1CCCCC1)Cc1ccc(OC)c(OC)c1. The fourth-order valence-corrected chi connectivity index (χ4v) is 2.95. The summed E-state index contributed by atoms with van der Waals surface area (Å²) in [6.07, 6.45) is 3.51. The Morgan fingerprint density at radius 2 is 1.83 bits per heavy atom. The Labute approximate surface area is 139 Å². The van der Waals surface area contributed by atoms with E-state index in [1.165, 1.54) is 6.42 Å². The van der Waals surface area contributed by atoms with Gasteiger partial charge in [-0.15, -0.1) is 0 Å². The summed E-state index contributed by atoms with van der Waals surface area (Å²) >= 11 is 0. The normalized spacial score (nSPS) is 14.9. The van der Waals surface area contributed by atoms with Crippen molar-refractivity contribution in [1.82, 2.24) is 9.80 Å². The zero-order valence-corrected chi connectivity index (χ0v) is 14.5. The van der Waals surface area contributed by atoms with Gasteiger partial charge in [-0.25, -0.2) is 0 Å². The van der Waals surface area contributed by atoms with E-state index in [0.717, 1.165) is 56.1 Å². The fourth-order valence-electron chi connectivity index (χ4n) is 2.95. The minimum atomic E-state index is 0.243. The topological polar surface area (TPSA) is 42.0 Å². The number of benzene rings is 1. The van der Waals surface area contributed by atoms with Gasteiger partial charge in [-0.05, 0) is 43.5 Å². The van der Waals surface area contributed by atoms with Gasteiger partial charge in [0.2, 0.25) is 5.91 Å². The van der Waals surface area contributed by atoms with E-state index in [1.807, 2.05) is 23.1 Å². The lowest BCUT2D eigenvalue weighted by Crippen LogP contribution is -2.42. The molecule has 23 heavy (non-hydrogen) atoms. The Balaban J connectivity index is 1.97. The second-order valence-electron chi connectivity index (χ2n) is 5.93. The molecule has 1 heterocycles. The maximum atomic E-state index is 12.4. The highest BCUT2D eigenvalue weighted by molar-refractivity contribution is 5.78. The van der Waals surface area contributed by atoms with Crippen LogP contribution in [0.1, 0.15) is 31.7 Å². The van der Waals surface area contributed by atoms with E-state index in [0.29, 0.717) is 6.54 Å². The summed E-state index contributed by atoms with van der Waals surface area (Å²) in [6, 6.07) is 5.91. The highest BCUT2D eigenvalue weighted by atomic mass is 16.5. The van der Waals surface area contributed by atoms with Gasteiger partial charge in [0, 0.05) is 19.6 Å². The molecule has 0 aliphatic carbocycles. The molecule has 128 valence electrons. The zero-order valence-electron chi connectivity index (χ0n) is 14.5. The first-order valence-electron chi connectivity index (χ1n) is 8.39. The van der Waals surface area contributed by atoms with Gasteiger partial charge < -0.3 is 14.4 Å². The first kappa shape index (κ1) is 17.6. The van der Waals surface area contributed by atoms with Crippen molar-refractivity contribution in [2.45, 2.75) is 32.7 Å². The number of likely N-dealkylation sites (N-methyl/N-ethyl adjacent to an activating group) is 1. The maximum Gasteiger partial charge on any atom is 0.236 e. The lowest BCUT2D eigenvalue weighted by atomic mass is 10.1. The maximum absolute atomic E-state index is 12.4. The van der Waals surface area contributed by atoms with E-state index in [9.17, 15) is 4.79 Å². The molecule has 1 aliphatic heterocycles. The third-order valence-corrected chi connectivity index (χ3v) is 4.37. The van der Waals surface area contributed by atoms with Gasteiger partial charge in [0.15, 0.2) is 11.5 Å². The second kappa shape index (κ2) is 8.77. The quantitative estimate of drug-likeness (QED) is 0.774. The van der Waals surface area contributed by atoms with Gasteiger partial charge in [-0.2, -0.15) is 0 Å². The number of methoxy groups -OCH3 is 2. The first-order chi connectivity index (χ1) is 11.2. The van der Waals surface area contributed by atoms with Crippen molar-refractivity contribution >= 4 is 5.91 Å². The Morgan fingerprint density at radius 1 is 1.13 bits per heavy atom. The number of rotatable bonds is 7. The molecule has 0 saturated carbocycles. The molecule has 0 aromatic heterocycles. The van der Waals surface area contributed by atoms with Crippen LogP contribution in [0.15, 0.2) is 18.2 Å². The van der Waals surface area contributed by atoms with Crippen molar-refractivity contribution in [2.24, 2.45) is 0 Å². The second-order valence-corrected chi connectivity index (χ2v) is 5.93. The molecule has 1 amide bonds. The highest BCUT2D eigenvalue weighted by Crippen LogP contribution is 2.28. The minimum Gasteiger partial charge on any atom is -0.493 e. The standard InChI is InChI=1S/C18H28N2O3/c1-4-19(14-18(21)20-10-6-5-7-11-20)13-15-8-9-16(22-2)17(12-15)23-3/h8-9,12H,4-7,10-11,13-14H2,1-3H3. The lowest BCUT2D eigenvalue weighted by molar-refractivity contribution is -0.133. The lowest BCUT2D eigenvalue weighted by Gasteiger charge is -2.29. The number of ether oxygens (including phenoxy) is 2. The molecular weight excluding hydrogens is 292 g/mol. The largest absolute Gasteiger partial charge is 0.493 e. The third kappa shape index (κ3) is 4.86. The van der Waals surface area contributed by atoms with Crippen LogP contribution in [-0.2, 0) is 11.3 Å². The van der Waals surface area contributed by atoms with Crippen LogP contribution in [0.5, 0.6) is 11.5 Å². The molecule has 1 aromatic carbocycles. The van der Waals surface area contributed by atoms with Gasteiger partial charge in [0.05, 0.1) is 20.8 Å². The minimum absolute atomic E-state index is 0.243. The van der Waals surface area contributed by atoms with E-state index in [4.69, 9.17) is 9.47 Å². The van der Waals surface area contributed by atoms with Crippen LogP contribution in [0, 0.1) is 0 Å². The summed E-state index contributed by atoms with van der Waals surface area (Å²) in [5.41, 5.74) is 1.12. The monoisotopic (exact) mass is 320 g/mol. The number of nitrogens with zero attached hydrogens (tertiary/aromatic N) is 2. The molecule has 0 atom stereocenters. The van der Waals surface area contributed by atoms with Crippen molar-refractivity contribution in [1.29, 1.82) is 0 Å². The molecule has 1 aliphatic rings. The first-order valence-corrected chi connectivity index (χ1v) is 8.39. The molecule has 1 aromatic rings. The predicted octanol–water partition coefficient (Wildman–Crippen LogP) is 2.54. The van der Waals surface area contributed by atoms with E-state index < -0.39 is 0 Å². The summed E-state index contributed by atoms with van der Waals surface area (Å²) in [4.78, 5) is 16.6. The molecule has 5 nitrogen and oxygen atoms in total. The van der Waals surface area contributed by atoms with Crippen molar-refractivity contribution in [3.05, 3.63) is 23.8 Å². The Kier molecular flexibility index (Phi) is 6.71. The Hall–Kier alpha value is -1.75. The molecule has 0 radical (unpaired) electrons. The molecular formula is C18H28N2O3. The van der Waals surface area contributed by atoms with Crippen LogP contribution in [0.3, 0.4) is 0 Å². The van der Waals surface area contributed by atoms with Gasteiger partial charge >= 0.3 is 0 Å². The summed E-state index contributed by atoms with van der Waals surface area (Å²) < 4.78 is 10.6. The van der Waals surface area contributed by atoms with Crippen LogP contribution < -0.4 is 9.47 Å². The van der Waals surface area contributed by atoms with Crippen LogP contribution in [0.25, 0.3) is 0 Å². The van der Waals surface area contributed by atoms with Crippen molar-refractivity contribution in [3.8, 4) is 11.5 Å². The number of amides is 1. The fraction of sp³-hybridized carbons (Fsp3) is 0.611. The molecule has 0 unspecified atom stereocenters. The molecule has 1 fully saturated rings. The Morgan fingerprint density at radius 3 is 2.43 bits per heavy atom.